The smallest absolute Gasteiger partial charge is 0.253 e. The molecular weight excluding hydrogens is 224 g/mol. The van der Waals surface area contributed by atoms with E-state index in [-0.39, 0.29) is 11.9 Å². The topological polar surface area (TPSA) is 46.3 Å². The van der Waals surface area contributed by atoms with Crippen LogP contribution in [0.25, 0.3) is 0 Å². The molecule has 0 radical (unpaired) electrons. The Hall–Kier alpha value is -1.35. The van der Waals surface area contributed by atoms with Gasteiger partial charge in [-0.25, -0.2) is 0 Å². The molecule has 1 aliphatic heterocycles. The molecule has 1 fully saturated rings. The molecule has 96 valence electrons. The molecule has 0 aromatic heterocycles. The highest BCUT2D eigenvalue weighted by molar-refractivity contribution is 5.94. The lowest BCUT2D eigenvalue weighted by atomic mass is 10.0. The van der Waals surface area contributed by atoms with Crippen molar-refractivity contribution in [2.24, 2.45) is 5.73 Å². The number of nitrogens with two attached hydrogens (primary N) is 1. The lowest BCUT2D eigenvalue weighted by molar-refractivity contribution is 0.0714. The number of fused-ring (bicyclic) bond motifs is 1. The Kier molecular flexibility index (Phi) is 3.08. The number of nitrogens with zero attached hydrogens (tertiary/aromatic N) is 1. The quantitative estimate of drug-likeness (QED) is 0.818. The highest BCUT2D eigenvalue weighted by atomic mass is 16.2. The summed E-state index contributed by atoms with van der Waals surface area (Å²) >= 11 is 0. The van der Waals surface area contributed by atoms with E-state index in [4.69, 9.17) is 5.73 Å². The molecule has 3 nitrogen and oxygen atoms in total. The molecule has 0 spiro atoms. The summed E-state index contributed by atoms with van der Waals surface area (Å²) in [5.41, 5.74) is 9.52. The molecule has 1 saturated heterocycles. The lowest BCUT2D eigenvalue weighted by Crippen LogP contribution is -2.42. The van der Waals surface area contributed by atoms with Crippen molar-refractivity contribution in [2.75, 3.05) is 13.1 Å². The van der Waals surface area contributed by atoms with Crippen LogP contribution in [0.15, 0.2) is 18.2 Å². The summed E-state index contributed by atoms with van der Waals surface area (Å²) in [6.07, 6.45) is 5.38. The molecule has 1 amide bonds. The average Bonchev–Trinajstić information content (AvgIpc) is 2.86. The van der Waals surface area contributed by atoms with Crippen molar-refractivity contribution < 1.29 is 4.79 Å². The summed E-state index contributed by atoms with van der Waals surface area (Å²) in [6.45, 7) is 1.61. The summed E-state index contributed by atoms with van der Waals surface area (Å²) in [6, 6.07) is 6.49. The zero-order valence-corrected chi connectivity index (χ0v) is 10.7. The maximum absolute atomic E-state index is 12.4. The maximum Gasteiger partial charge on any atom is 0.253 e. The van der Waals surface area contributed by atoms with E-state index in [2.05, 4.69) is 12.1 Å². The van der Waals surface area contributed by atoms with Crippen molar-refractivity contribution in [3.8, 4) is 0 Å². The number of benzene rings is 1. The van der Waals surface area contributed by atoms with Gasteiger partial charge in [0.25, 0.3) is 5.91 Å². The van der Waals surface area contributed by atoms with E-state index in [1.807, 2.05) is 11.0 Å². The third-order valence-corrected chi connectivity index (χ3v) is 4.17. The minimum absolute atomic E-state index is 0.177. The molecule has 1 aromatic carbocycles. The molecule has 0 atom stereocenters. The Balaban J connectivity index is 1.76. The van der Waals surface area contributed by atoms with Crippen LogP contribution in [-0.4, -0.2) is 29.9 Å². The first-order valence-corrected chi connectivity index (χ1v) is 6.91. The number of rotatable bonds is 1. The van der Waals surface area contributed by atoms with Gasteiger partial charge < -0.3 is 10.6 Å². The highest BCUT2D eigenvalue weighted by Gasteiger charge is 2.22. The molecular formula is C15H20N2O. The van der Waals surface area contributed by atoms with E-state index in [1.165, 1.54) is 24.0 Å². The fourth-order valence-corrected chi connectivity index (χ4v) is 2.99. The van der Waals surface area contributed by atoms with Crippen LogP contribution >= 0.6 is 0 Å². The lowest BCUT2D eigenvalue weighted by Gasteiger charge is -2.30. The molecule has 1 aromatic rings. The van der Waals surface area contributed by atoms with Crippen LogP contribution in [0.5, 0.6) is 0 Å². The third-order valence-electron chi connectivity index (χ3n) is 4.17. The summed E-state index contributed by atoms with van der Waals surface area (Å²) in [7, 11) is 0. The van der Waals surface area contributed by atoms with E-state index in [0.29, 0.717) is 0 Å². The Morgan fingerprint density at radius 1 is 1.17 bits per heavy atom. The van der Waals surface area contributed by atoms with Gasteiger partial charge in [-0.2, -0.15) is 0 Å². The van der Waals surface area contributed by atoms with Crippen molar-refractivity contribution in [3.05, 3.63) is 34.9 Å². The molecule has 1 aliphatic carbocycles. The minimum atomic E-state index is 0.177. The Morgan fingerprint density at radius 2 is 1.89 bits per heavy atom. The number of carbonyl (C=O) groups excluding carboxylic acids is 1. The van der Waals surface area contributed by atoms with Gasteiger partial charge in [0.1, 0.15) is 0 Å². The van der Waals surface area contributed by atoms with Crippen LogP contribution in [0.2, 0.25) is 0 Å². The van der Waals surface area contributed by atoms with Crippen molar-refractivity contribution in [2.45, 2.75) is 38.1 Å². The van der Waals surface area contributed by atoms with Crippen molar-refractivity contribution >= 4 is 5.91 Å². The predicted octanol–water partition coefficient (Wildman–Crippen LogP) is 1.74. The van der Waals surface area contributed by atoms with Gasteiger partial charge in [-0.1, -0.05) is 6.07 Å². The first kappa shape index (κ1) is 11.7. The largest absolute Gasteiger partial charge is 0.339 e. The van der Waals surface area contributed by atoms with Crippen LogP contribution in [0, 0.1) is 0 Å². The predicted molar refractivity (Wildman–Crippen MR) is 71.6 cm³/mol. The summed E-state index contributed by atoms with van der Waals surface area (Å²) in [5, 5.41) is 0. The zero-order valence-electron chi connectivity index (χ0n) is 10.7. The monoisotopic (exact) mass is 244 g/mol. The van der Waals surface area contributed by atoms with Crippen LogP contribution < -0.4 is 5.73 Å². The van der Waals surface area contributed by atoms with Crippen molar-refractivity contribution in [1.82, 2.24) is 4.90 Å². The van der Waals surface area contributed by atoms with E-state index in [9.17, 15) is 4.79 Å². The molecule has 2 N–H and O–H groups in total. The molecule has 18 heavy (non-hydrogen) atoms. The van der Waals surface area contributed by atoms with Gasteiger partial charge in [-0.05, 0) is 55.4 Å². The zero-order chi connectivity index (χ0) is 12.5. The van der Waals surface area contributed by atoms with Crippen LogP contribution in [0.4, 0.5) is 0 Å². The van der Waals surface area contributed by atoms with Crippen LogP contribution in [0.3, 0.4) is 0 Å². The minimum Gasteiger partial charge on any atom is -0.339 e. The van der Waals surface area contributed by atoms with E-state index in [1.54, 1.807) is 0 Å². The van der Waals surface area contributed by atoms with Crippen molar-refractivity contribution in [3.63, 3.8) is 0 Å². The Labute approximate surface area is 108 Å². The molecule has 0 bridgehead atoms. The average molecular weight is 244 g/mol. The maximum atomic E-state index is 12.4. The SMILES string of the molecule is NC1CCN(C(=O)c2ccc3c(c2)CCC3)CC1. The number of aryl methyl sites for hydroxylation is 2. The number of piperidine rings is 1. The molecule has 2 aliphatic rings. The second-order valence-corrected chi connectivity index (χ2v) is 5.47. The second-order valence-electron chi connectivity index (χ2n) is 5.47. The normalized spacial score (nSPS) is 19.9. The fourth-order valence-electron chi connectivity index (χ4n) is 2.99. The number of carbonyl (C=O) groups is 1. The number of hydrogen-bond acceptors (Lipinski definition) is 2. The Bertz CT molecular complexity index is 462. The first-order valence-electron chi connectivity index (χ1n) is 6.91. The number of amides is 1. The first-order chi connectivity index (χ1) is 8.74. The number of hydrogen-bond donors (Lipinski definition) is 1. The summed E-state index contributed by atoms with van der Waals surface area (Å²) in [4.78, 5) is 14.3. The molecule has 3 rings (SSSR count). The molecule has 0 saturated carbocycles. The highest BCUT2D eigenvalue weighted by Crippen LogP contribution is 2.24. The van der Waals surface area contributed by atoms with E-state index >= 15 is 0 Å². The van der Waals surface area contributed by atoms with E-state index < -0.39 is 0 Å². The number of likely N-dealkylation sites (tertiary alicyclic amines) is 1. The molecule has 3 heteroatoms. The fraction of sp³-hybridized carbons (Fsp3) is 0.533. The van der Waals surface area contributed by atoms with Crippen LogP contribution in [-0.2, 0) is 12.8 Å². The van der Waals surface area contributed by atoms with Gasteiger partial charge in [-0.15, -0.1) is 0 Å². The van der Waals surface area contributed by atoms with E-state index in [0.717, 1.165) is 37.9 Å². The molecule has 0 unspecified atom stereocenters. The Morgan fingerprint density at radius 3 is 2.67 bits per heavy atom. The van der Waals surface area contributed by atoms with Crippen molar-refractivity contribution in [1.29, 1.82) is 0 Å². The molecule has 1 heterocycles. The second kappa shape index (κ2) is 4.73. The summed E-state index contributed by atoms with van der Waals surface area (Å²) in [5.74, 6) is 0.177. The third kappa shape index (κ3) is 2.15. The van der Waals surface area contributed by atoms with Gasteiger partial charge in [0.15, 0.2) is 0 Å². The van der Waals surface area contributed by atoms with Gasteiger partial charge in [0.05, 0.1) is 0 Å². The van der Waals surface area contributed by atoms with Gasteiger partial charge in [-0.3, -0.25) is 4.79 Å². The van der Waals surface area contributed by atoms with Gasteiger partial charge in [0, 0.05) is 24.7 Å². The van der Waals surface area contributed by atoms with Gasteiger partial charge in [0.2, 0.25) is 0 Å². The summed E-state index contributed by atoms with van der Waals surface area (Å²) < 4.78 is 0. The standard InChI is InChI=1S/C15H20N2O/c16-14-6-8-17(9-7-14)15(18)13-5-4-11-2-1-3-12(11)10-13/h4-5,10,14H,1-3,6-9,16H2. The van der Waals surface area contributed by atoms with Crippen LogP contribution in [0.1, 0.15) is 40.7 Å². The van der Waals surface area contributed by atoms with Gasteiger partial charge >= 0.3 is 0 Å².